The first-order valence-corrected chi connectivity index (χ1v) is 11.1. The molecule has 0 saturated heterocycles. The molecule has 3 aromatic carbocycles. The molecule has 172 valence electrons. The number of nitro benzene ring substituents is 1. The molecule has 0 aliphatic heterocycles. The number of rotatable bonds is 9. The summed E-state index contributed by atoms with van der Waals surface area (Å²) in [5.74, 6) is 0.366. The summed E-state index contributed by atoms with van der Waals surface area (Å²) < 4.78 is 38.0. The lowest BCUT2D eigenvalue weighted by molar-refractivity contribution is -0.384. The molecule has 0 heterocycles. The molecule has 0 aliphatic rings. The first-order chi connectivity index (χ1) is 15.7. The summed E-state index contributed by atoms with van der Waals surface area (Å²) in [5, 5.41) is 13.5. The van der Waals surface area contributed by atoms with E-state index in [2.05, 4.69) is 10.0 Å². The molecule has 11 heteroatoms. The quantitative estimate of drug-likeness (QED) is 0.358. The number of nitrogens with zero attached hydrogens (tertiary/aromatic N) is 1. The lowest BCUT2D eigenvalue weighted by atomic mass is 10.2. The van der Waals surface area contributed by atoms with E-state index in [4.69, 9.17) is 9.47 Å². The Hall–Kier alpha value is -4.12. The minimum absolute atomic E-state index is 0.0161. The molecule has 0 fully saturated rings. The average Bonchev–Trinajstić information content (AvgIpc) is 2.79. The van der Waals surface area contributed by atoms with Crippen molar-refractivity contribution in [3.05, 3.63) is 82.4 Å². The van der Waals surface area contributed by atoms with Gasteiger partial charge in [0.05, 0.1) is 22.6 Å². The van der Waals surface area contributed by atoms with Crippen molar-refractivity contribution in [1.82, 2.24) is 0 Å². The minimum atomic E-state index is -3.82. The second-order valence-corrected chi connectivity index (χ2v) is 8.58. The van der Waals surface area contributed by atoms with Crippen molar-refractivity contribution >= 4 is 33.0 Å². The molecule has 10 nitrogen and oxygen atoms in total. The van der Waals surface area contributed by atoms with Crippen LogP contribution in [0.3, 0.4) is 0 Å². The third-order valence-corrected chi connectivity index (χ3v) is 5.95. The highest BCUT2D eigenvalue weighted by Gasteiger charge is 2.15. The zero-order chi connectivity index (χ0) is 24.0. The number of hydrogen-bond donors (Lipinski definition) is 2. The maximum Gasteiger partial charge on any atom is 0.271 e. The smallest absolute Gasteiger partial charge is 0.271 e. The molecule has 0 aliphatic carbocycles. The van der Waals surface area contributed by atoms with Crippen LogP contribution in [0.2, 0.25) is 0 Å². The first-order valence-electron chi connectivity index (χ1n) is 9.62. The molecular formula is C22H21N3O7S. The maximum atomic E-state index is 12.5. The van der Waals surface area contributed by atoms with Crippen molar-refractivity contribution in [3.63, 3.8) is 0 Å². The van der Waals surface area contributed by atoms with Crippen molar-refractivity contribution < 1.29 is 27.6 Å². The Morgan fingerprint density at radius 1 is 1.00 bits per heavy atom. The van der Waals surface area contributed by atoms with Gasteiger partial charge in [-0.15, -0.1) is 0 Å². The fourth-order valence-corrected chi connectivity index (χ4v) is 3.84. The Labute approximate surface area is 190 Å². The normalized spacial score (nSPS) is 10.8. The van der Waals surface area contributed by atoms with Crippen LogP contribution in [0.25, 0.3) is 0 Å². The molecule has 1 amide bonds. The number of nitro groups is 1. The Morgan fingerprint density at radius 3 is 2.24 bits per heavy atom. The molecule has 0 atom stereocenters. The van der Waals surface area contributed by atoms with E-state index >= 15 is 0 Å². The second kappa shape index (κ2) is 10.0. The molecule has 0 aromatic heterocycles. The van der Waals surface area contributed by atoms with Gasteiger partial charge in [-0.2, -0.15) is 0 Å². The largest absolute Gasteiger partial charge is 0.497 e. The van der Waals surface area contributed by atoms with Gasteiger partial charge >= 0.3 is 0 Å². The number of hydrogen-bond acceptors (Lipinski definition) is 7. The van der Waals surface area contributed by atoms with E-state index in [-0.39, 0.29) is 22.9 Å². The Bertz CT molecular complexity index is 1260. The van der Waals surface area contributed by atoms with Crippen molar-refractivity contribution in [1.29, 1.82) is 0 Å². The molecule has 33 heavy (non-hydrogen) atoms. The van der Waals surface area contributed by atoms with Crippen molar-refractivity contribution in [3.8, 4) is 11.5 Å². The maximum absolute atomic E-state index is 12.5. The highest BCUT2D eigenvalue weighted by Crippen LogP contribution is 2.23. The molecule has 3 rings (SSSR count). The topological polar surface area (TPSA) is 137 Å². The molecule has 0 radical (unpaired) electrons. The van der Waals surface area contributed by atoms with E-state index in [9.17, 15) is 23.3 Å². The van der Waals surface area contributed by atoms with Gasteiger partial charge in [0.25, 0.3) is 21.6 Å². The molecular weight excluding hydrogens is 450 g/mol. The molecule has 3 aromatic rings. The number of nitrogens with one attached hydrogen (secondary N) is 2. The van der Waals surface area contributed by atoms with Crippen LogP contribution in [0, 0.1) is 17.0 Å². The van der Waals surface area contributed by atoms with E-state index in [0.29, 0.717) is 22.7 Å². The van der Waals surface area contributed by atoms with Crippen LogP contribution in [0.15, 0.2) is 71.6 Å². The zero-order valence-corrected chi connectivity index (χ0v) is 18.6. The predicted octanol–water partition coefficient (Wildman–Crippen LogP) is 3.73. The summed E-state index contributed by atoms with van der Waals surface area (Å²) >= 11 is 0. The SMILES string of the molecule is COc1ccc(NS(=O)(=O)c2ccc(OCC(=O)Nc3cc([N+](=O)[O-])ccc3C)cc2)cc1. The minimum Gasteiger partial charge on any atom is -0.497 e. The van der Waals surface area contributed by atoms with Crippen molar-refractivity contribution in [2.45, 2.75) is 11.8 Å². The summed E-state index contributed by atoms with van der Waals surface area (Å²) in [6, 6.07) is 16.1. The third kappa shape index (κ3) is 6.20. The highest BCUT2D eigenvalue weighted by molar-refractivity contribution is 7.92. The predicted molar refractivity (Wildman–Crippen MR) is 122 cm³/mol. The number of anilines is 2. The summed E-state index contributed by atoms with van der Waals surface area (Å²) in [7, 11) is -2.30. The van der Waals surface area contributed by atoms with Gasteiger partial charge in [0.15, 0.2) is 6.61 Å². The average molecular weight is 471 g/mol. The number of carbonyl (C=O) groups is 1. The Balaban J connectivity index is 1.59. The van der Waals surface area contributed by atoms with Gasteiger partial charge in [-0.05, 0) is 61.0 Å². The summed E-state index contributed by atoms with van der Waals surface area (Å²) in [6.07, 6.45) is 0. The highest BCUT2D eigenvalue weighted by atomic mass is 32.2. The van der Waals surface area contributed by atoms with Gasteiger partial charge in [-0.25, -0.2) is 8.42 Å². The van der Waals surface area contributed by atoms with E-state index in [0.717, 1.165) is 0 Å². The van der Waals surface area contributed by atoms with Crippen molar-refractivity contribution in [2.24, 2.45) is 0 Å². The molecule has 0 unspecified atom stereocenters. The van der Waals surface area contributed by atoms with Gasteiger partial charge in [0.1, 0.15) is 11.5 Å². The number of aryl methyl sites for hydroxylation is 1. The van der Waals surface area contributed by atoms with E-state index < -0.39 is 20.9 Å². The van der Waals surface area contributed by atoms with Gasteiger partial charge in [-0.1, -0.05) is 6.07 Å². The van der Waals surface area contributed by atoms with Crippen LogP contribution < -0.4 is 19.5 Å². The number of methoxy groups -OCH3 is 1. The van der Waals surface area contributed by atoms with Crippen LogP contribution >= 0.6 is 0 Å². The van der Waals surface area contributed by atoms with E-state index in [1.807, 2.05) is 0 Å². The lowest BCUT2D eigenvalue weighted by Gasteiger charge is -2.11. The van der Waals surface area contributed by atoms with Gasteiger partial charge in [0.2, 0.25) is 0 Å². The number of ether oxygens (including phenoxy) is 2. The first kappa shape index (κ1) is 23.5. The zero-order valence-electron chi connectivity index (χ0n) is 17.8. The van der Waals surface area contributed by atoms with Gasteiger partial charge < -0.3 is 14.8 Å². The van der Waals surface area contributed by atoms with Crippen LogP contribution in [0.1, 0.15) is 5.56 Å². The van der Waals surface area contributed by atoms with Crippen molar-refractivity contribution in [2.75, 3.05) is 23.8 Å². The summed E-state index contributed by atoms with van der Waals surface area (Å²) in [4.78, 5) is 22.5. The van der Waals surface area contributed by atoms with E-state index in [1.54, 1.807) is 31.2 Å². The number of benzene rings is 3. The Morgan fingerprint density at radius 2 is 1.64 bits per heavy atom. The van der Waals surface area contributed by atoms with Gasteiger partial charge in [-0.3, -0.25) is 19.6 Å². The van der Waals surface area contributed by atoms with Gasteiger partial charge in [0, 0.05) is 17.8 Å². The fourth-order valence-electron chi connectivity index (χ4n) is 2.78. The van der Waals surface area contributed by atoms with E-state index in [1.165, 1.54) is 49.6 Å². The number of amides is 1. The van der Waals surface area contributed by atoms with Crippen LogP contribution in [0.4, 0.5) is 17.1 Å². The molecule has 0 saturated carbocycles. The number of non-ortho nitro benzene ring substituents is 1. The van der Waals surface area contributed by atoms with Crippen LogP contribution in [0.5, 0.6) is 11.5 Å². The Kier molecular flexibility index (Phi) is 7.13. The molecule has 0 spiro atoms. The lowest BCUT2D eigenvalue weighted by Crippen LogP contribution is -2.20. The number of carbonyl (C=O) groups excluding carboxylic acids is 1. The monoisotopic (exact) mass is 471 g/mol. The number of sulfonamides is 1. The van der Waals surface area contributed by atoms with Crippen LogP contribution in [-0.2, 0) is 14.8 Å². The van der Waals surface area contributed by atoms with Crippen LogP contribution in [-0.4, -0.2) is 33.0 Å². The fraction of sp³-hybridized carbons (Fsp3) is 0.136. The summed E-state index contributed by atoms with van der Waals surface area (Å²) in [6.45, 7) is 1.34. The molecule has 2 N–H and O–H groups in total. The third-order valence-electron chi connectivity index (χ3n) is 4.55. The summed E-state index contributed by atoms with van der Waals surface area (Å²) in [5.41, 5.74) is 1.21. The standard InChI is InChI=1S/C22H21N3O7S/c1-15-3-6-17(25(27)28)13-21(15)23-22(26)14-32-19-9-11-20(12-10-19)33(29,30)24-16-4-7-18(31-2)8-5-16/h3-13,24H,14H2,1-2H3,(H,23,26). The second-order valence-electron chi connectivity index (χ2n) is 6.90. The molecule has 0 bridgehead atoms.